The van der Waals surface area contributed by atoms with E-state index in [0.29, 0.717) is 17.8 Å². The number of hydrogen-bond donors (Lipinski definition) is 2. The fourth-order valence-corrected chi connectivity index (χ4v) is 4.36. The molecule has 1 aromatic heterocycles. The molecule has 0 aliphatic carbocycles. The number of fused-ring (bicyclic) bond motifs is 1. The summed E-state index contributed by atoms with van der Waals surface area (Å²) in [5.41, 5.74) is 0.787. The molecule has 9 heteroatoms. The van der Waals surface area contributed by atoms with Crippen molar-refractivity contribution in [1.82, 2.24) is 25.3 Å². The van der Waals surface area contributed by atoms with Gasteiger partial charge in [-0.25, -0.2) is 4.68 Å². The van der Waals surface area contributed by atoms with Crippen molar-refractivity contribution in [3.05, 3.63) is 34.7 Å². The quantitative estimate of drug-likeness (QED) is 0.673. The largest absolute Gasteiger partial charge is 0.369 e. The van der Waals surface area contributed by atoms with Crippen LogP contribution in [0.4, 0.5) is 5.69 Å². The molecule has 1 unspecified atom stereocenters. The van der Waals surface area contributed by atoms with E-state index in [1.165, 1.54) is 4.68 Å². The van der Waals surface area contributed by atoms with Crippen LogP contribution in [0.1, 0.15) is 18.9 Å². The van der Waals surface area contributed by atoms with Crippen molar-refractivity contribution in [2.45, 2.75) is 24.9 Å². The number of hydrogen-bond acceptors (Lipinski definition) is 7. The minimum absolute atomic E-state index is 0.213. The molecule has 3 aliphatic rings. The molecular formula is C20H24N6O3. The fourth-order valence-electron chi connectivity index (χ4n) is 4.36. The molecule has 3 saturated heterocycles. The Hall–Kier alpha value is -2.78. The molecule has 5 rings (SSSR count). The van der Waals surface area contributed by atoms with Gasteiger partial charge in [-0.05, 0) is 24.6 Å². The maximum atomic E-state index is 12.9. The molecule has 152 valence electrons. The van der Waals surface area contributed by atoms with Crippen molar-refractivity contribution in [1.29, 1.82) is 0 Å². The van der Waals surface area contributed by atoms with Gasteiger partial charge in [-0.2, -0.15) is 5.10 Å². The molecule has 0 saturated carbocycles. The molecule has 1 aromatic carbocycles. The lowest BCUT2D eigenvalue weighted by molar-refractivity contribution is -0.136. The second-order valence-electron chi connectivity index (χ2n) is 7.97. The van der Waals surface area contributed by atoms with Gasteiger partial charge in [-0.3, -0.25) is 24.6 Å². The highest BCUT2D eigenvalue weighted by atomic mass is 16.2. The lowest BCUT2D eigenvalue weighted by atomic mass is 10.1. The minimum atomic E-state index is -0.738. The summed E-state index contributed by atoms with van der Waals surface area (Å²) in [6, 6.07) is 5.72. The van der Waals surface area contributed by atoms with Gasteiger partial charge in [-0.1, -0.05) is 0 Å². The first kappa shape index (κ1) is 18.3. The Labute approximate surface area is 167 Å². The molecule has 0 radical (unpaired) electrons. The average Bonchev–Trinajstić information content (AvgIpc) is 2.68. The number of carbonyl (C=O) groups excluding carboxylic acids is 2. The number of piperidine rings is 1. The maximum Gasteiger partial charge on any atom is 0.275 e. The minimum Gasteiger partial charge on any atom is -0.369 e. The van der Waals surface area contributed by atoms with Crippen LogP contribution in [-0.4, -0.2) is 71.8 Å². The van der Waals surface area contributed by atoms with E-state index in [1.807, 2.05) is 18.2 Å². The molecule has 2 N–H and O–H groups in total. The number of carbonyl (C=O) groups is 2. The molecule has 3 aliphatic heterocycles. The van der Waals surface area contributed by atoms with E-state index >= 15 is 0 Å². The zero-order valence-electron chi connectivity index (χ0n) is 16.1. The van der Waals surface area contributed by atoms with Gasteiger partial charge in [0, 0.05) is 62.8 Å². The highest BCUT2D eigenvalue weighted by Crippen LogP contribution is 2.23. The van der Waals surface area contributed by atoms with Gasteiger partial charge in [0.1, 0.15) is 6.04 Å². The Kier molecular flexibility index (Phi) is 4.56. The first-order valence-electron chi connectivity index (χ1n) is 10.1. The molecule has 9 nitrogen and oxygen atoms in total. The van der Waals surface area contributed by atoms with E-state index in [9.17, 15) is 14.4 Å². The van der Waals surface area contributed by atoms with Gasteiger partial charge in [0.05, 0.1) is 11.6 Å². The first-order chi connectivity index (χ1) is 14.1. The van der Waals surface area contributed by atoms with Crippen LogP contribution in [-0.2, 0) is 9.59 Å². The van der Waals surface area contributed by atoms with Crippen molar-refractivity contribution in [3.8, 4) is 0 Å². The Morgan fingerprint density at radius 1 is 1.03 bits per heavy atom. The van der Waals surface area contributed by atoms with Gasteiger partial charge < -0.3 is 10.2 Å². The number of anilines is 1. The predicted octanol–water partition coefficient (Wildman–Crippen LogP) is -0.532. The van der Waals surface area contributed by atoms with Crippen molar-refractivity contribution in [3.63, 3.8) is 0 Å². The van der Waals surface area contributed by atoms with Crippen molar-refractivity contribution < 1.29 is 9.59 Å². The summed E-state index contributed by atoms with van der Waals surface area (Å²) in [6.07, 6.45) is 2.15. The highest BCUT2D eigenvalue weighted by Gasteiger charge is 2.30. The van der Waals surface area contributed by atoms with E-state index in [1.54, 1.807) is 6.20 Å². The lowest BCUT2D eigenvalue weighted by Crippen LogP contribution is -2.61. The summed E-state index contributed by atoms with van der Waals surface area (Å²) in [5, 5.41) is 11.2. The summed E-state index contributed by atoms with van der Waals surface area (Å²) in [4.78, 5) is 41.3. The number of nitrogens with one attached hydrogen (secondary N) is 2. The van der Waals surface area contributed by atoms with Gasteiger partial charge >= 0.3 is 0 Å². The first-order valence-corrected chi connectivity index (χ1v) is 10.1. The second kappa shape index (κ2) is 7.23. The third kappa shape index (κ3) is 3.30. The highest BCUT2D eigenvalue weighted by molar-refractivity contribution is 5.99. The summed E-state index contributed by atoms with van der Waals surface area (Å²) >= 11 is 0. The number of amides is 2. The second-order valence-corrected chi connectivity index (χ2v) is 7.97. The van der Waals surface area contributed by atoms with Crippen LogP contribution < -0.4 is 21.1 Å². The fraction of sp³-hybridized carbons (Fsp3) is 0.500. The zero-order valence-corrected chi connectivity index (χ0v) is 16.1. The van der Waals surface area contributed by atoms with Crippen molar-refractivity contribution >= 4 is 28.3 Å². The summed E-state index contributed by atoms with van der Waals surface area (Å²) in [5.74, 6) is -0.773. The standard InChI is InChI=1S/C20H24N6O3/c27-18-4-3-17(19(28)23-18)26-20(29)16-2-1-14(9-13(16)10-22-26)24-5-7-25(8-6-24)15-11-21-12-15/h1-2,9-10,15,17,21H,3-8,11-12H2,(H,23,27,28). The van der Waals surface area contributed by atoms with Gasteiger partial charge in [0.25, 0.3) is 11.5 Å². The number of imide groups is 1. The molecule has 0 spiro atoms. The molecular weight excluding hydrogens is 372 g/mol. The zero-order chi connectivity index (χ0) is 20.0. The molecule has 1 atom stereocenters. The molecule has 2 amide bonds. The lowest BCUT2D eigenvalue weighted by Gasteiger charge is -2.43. The van der Waals surface area contributed by atoms with Gasteiger partial charge in [0.15, 0.2) is 0 Å². The monoisotopic (exact) mass is 396 g/mol. The Morgan fingerprint density at radius 3 is 2.52 bits per heavy atom. The van der Waals surface area contributed by atoms with Crippen molar-refractivity contribution in [2.24, 2.45) is 0 Å². The Balaban J connectivity index is 1.37. The van der Waals surface area contributed by atoms with Gasteiger partial charge in [0.2, 0.25) is 5.91 Å². The van der Waals surface area contributed by atoms with Crippen LogP contribution in [0, 0.1) is 0 Å². The van der Waals surface area contributed by atoms with E-state index in [2.05, 4.69) is 25.5 Å². The average molecular weight is 396 g/mol. The third-order valence-electron chi connectivity index (χ3n) is 6.26. The maximum absolute atomic E-state index is 12.9. The van der Waals surface area contributed by atoms with E-state index < -0.39 is 11.9 Å². The SMILES string of the molecule is O=C1CCC(n2ncc3cc(N4CCN(C5CNC5)CC4)ccc3c2=O)C(=O)N1. The molecule has 2 aromatic rings. The summed E-state index contributed by atoms with van der Waals surface area (Å²) < 4.78 is 1.20. The molecule has 3 fully saturated rings. The smallest absolute Gasteiger partial charge is 0.275 e. The van der Waals surface area contributed by atoms with Crippen LogP contribution in [0.5, 0.6) is 0 Å². The van der Waals surface area contributed by atoms with Crippen molar-refractivity contribution in [2.75, 3.05) is 44.2 Å². The van der Waals surface area contributed by atoms with Gasteiger partial charge in [-0.15, -0.1) is 0 Å². The van der Waals surface area contributed by atoms with E-state index in [-0.39, 0.29) is 17.9 Å². The topological polar surface area (TPSA) is 99.6 Å². The number of piperazine rings is 1. The van der Waals surface area contributed by atoms with Crippen LogP contribution in [0.2, 0.25) is 0 Å². The Morgan fingerprint density at radius 2 is 1.83 bits per heavy atom. The Bertz CT molecular complexity index is 1020. The van der Waals surface area contributed by atoms with Crippen LogP contribution in [0.25, 0.3) is 10.8 Å². The van der Waals surface area contributed by atoms with Crippen LogP contribution in [0.15, 0.2) is 29.2 Å². The number of rotatable bonds is 3. The molecule has 4 heterocycles. The van der Waals surface area contributed by atoms with E-state index in [0.717, 1.165) is 50.3 Å². The van der Waals surface area contributed by atoms with Crippen LogP contribution in [0.3, 0.4) is 0 Å². The number of benzene rings is 1. The summed E-state index contributed by atoms with van der Waals surface area (Å²) in [7, 11) is 0. The molecule has 29 heavy (non-hydrogen) atoms. The normalized spacial score (nSPS) is 23.9. The summed E-state index contributed by atoms with van der Waals surface area (Å²) in [6.45, 7) is 6.17. The van der Waals surface area contributed by atoms with Crippen LogP contribution >= 0.6 is 0 Å². The van der Waals surface area contributed by atoms with E-state index in [4.69, 9.17) is 0 Å². The molecule has 0 bridgehead atoms. The number of nitrogens with zero attached hydrogens (tertiary/aromatic N) is 4. The number of aromatic nitrogens is 2. The third-order valence-corrected chi connectivity index (χ3v) is 6.26. The predicted molar refractivity (Wildman–Crippen MR) is 108 cm³/mol.